The van der Waals surface area contributed by atoms with Crippen LogP contribution in [-0.2, 0) is 0 Å². The normalized spacial score (nSPS) is 18.6. The van der Waals surface area contributed by atoms with Gasteiger partial charge in [-0.3, -0.25) is 4.79 Å². The summed E-state index contributed by atoms with van der Waals surface area (Å²) in [4.78, 5) is 11.7. The molecule has 0 unspecified atom stereocenters. The highest BCUT2D eigenvalue weighted by Crippen LogP contribution is 2.39. The minimum Gasteiger partial charge on any atom is -0.459 e. The lowest BCUT2D eigenvalue weighted by Gasteiger charge is -2.26. The molecule has 16 heavy (non-hydrogen) atoms. The third kappa shape index (κ3) is 2.43. The standard InChI is InChI=1S/C12H17NO2S/c1-16-12(6-2-3-7-12)9-13-11(14)10-5-4-8-15-10/h4-5,8H,2-3,6-7,9H2,1H3,(H,13,14). The summed E-state index contributed by atoms with van der Waals surface area (Å²) in [6, 6.07) is 3.42. The van der Waals surface area contributed by atoms with Gasteiger partial charge in [0.05, 0.1) is 6.26 Å². The van der Waals surface area contributed by atoms with Crippen molar-refractivity contribution in [3.63, 3.8) is 0 Å². The molecule has 0 aromatic carbocycles. The van der Waals surface area contributed by atoms with Gasteiger partial charge in [-0.15, -0.1) is 0 Å². The van der Waals surface area contributed by atoms with E-state index in [9.17, 15) is 4.79 Å². The number of hydrogen-bond acceptors (Lipinski definition) is 3. The van der Waals surface area contributed by atoms with Crippen molar-refractivity contribution in [1.29, 1.82) is 0 Å². The van der Waals surface area contributed by atoms with E-state index in [1.165, 1.54) is 31.9 Å². The Bertz CT molecular complexity index is 342. The monoisotopic (exact) mass is 239 g/mol. The van der Waals surface area contributed by atoms with E-state index in [-0.39, 0.29) is 10.7 Å². The lowest BCUT2D eigenvalue weighted by atomic mass is 10.1. The Kier molecular flexibility index (Phi) is 3.59. The highest BCUT2D eigenvalue weighted by Gasteiger charge is 2.33. The molecule has 88 valence electrons. The number of nitrogens with one attached hydrogen (secondary N) is 1. The smallest absolute Gasteiger partial charge is 0.287 e. The van der Waals surface area contributed by atoms with Gasteiger partial charge >= 0.3 is 0 Å². The maximum absolute atomic E-state index is 11.7. The summed E-state index contributed by atoms with van der Waals surface area (Å²) in [5.41, 5.74) is 0. The molecule has 3 nitrogen and oxygen atoms in total. The SMILES string of the molecule is CSC1(CNC(=O)c2ccco2)CCCC1. The van der Waals surface area contributed by atoms with E-state index in [1.54, 1.807) is 12.1 Å². The number of amides is 1. The molecule has 1 aliphatic carbocycles. The van der Waals surface area contributed by atoms with E-state index in [4.69, 9.17) is 4.42 Å². The van der Waals surface area contributed by atoms with Crippen LogP contribution >= 0.6 is 11.8 Å². The Morgan fingerprint density at radius 1 is 1.56 bits per heavy atom. The van der Waals surface area contributed by atoms with Crippen LogP contribution in [0.15, 0.2) is 22.8 Å². The van der Waals surface area contributed by atoms with E-state index >= 15 is 0 Å². The van der Waals surface area contributed by atoms with Crippen molar-refractivity contribution in [2.45, 2.75) is 30.4 Å². The van der Waals surface area contributed by atoms with E-state index in [0.717, 1.165) is 6.54 Å². The van der Waals surface area contributed by atoms with Crippen LogP contribution in [0.2, 0.25) is 0 Å². The molecule has 4 heteroatoms. The molecule has 1 amide bonds. The number of thioether (sulfide) groups is 1. The van der Waals surface area contributed by atoms with Crippen molar-refractivity contribution >= 4 is 17.7 Å². The van der Waals surface area contributed by atoms with Gasteiger partial charge in [-0.2, -0.15) is 11.8 Å². The van der Waals surface area contributed by atoms with Crippen molar-refractivity contribution in [2.75, 3.05) is 12.8 Å². The van der Waals surface area contributed by atoms with Gasteiger partial charge in [0.1, 0.15) is 0 Å². The topological polar surface area (TPSA) is 42.2 Å². The third-order valence-electron chi connectivity index (χ3n) is 3.26. The first-order chi connectivity index (χ1) is 7.76. The molecule has 1 heterocycles. The molecule has 0 aliphatic heterocycles. The molecule has 1 fully saturated rings. The fourth-order valence-electron chi connectivity index (χ4n) is 2.21. The Morgan fingerprint density at radius 2 is 2.31 bits per heavy atom. The molecule has 0 spiro atoms. The molecular weight excluding hydrogens is 222 g/mol. The quantitative estimate of drug-likeness (QED) is 0.878. The van der Waals surface area contributed by atoms with Crippen LogP contribution < -0.4 is 5.32 Å². The summed E-state index contributed by atoms with van der Waals surface area (Å²) in [7, 11) is 0. The highest BCUT2D eigenvalue weighted by molar-refractivity contribution is 8.00. The fourth-order valence-corrected chi connectivity index (χ4v) is 3.12. The zero-order valence-corrected chi connectivity index (χ0v) is 10.3. The summed E-state index contributed by atoms with van der Waals surface area (Å²) >= 11 is 1.87. The molecule has 0 radical (unpaired) electrons. The minimum atomic E-state index is -0.106. The fraction of sp³-hybridized carbons (Fsp3) is 0.583. The second kappa shape index (κ2) is 4.95. The van der Waals surface area contributed by atoms with Crippen LogP contribution in [-0.4, -0.2) is 23.5 Å². The van der Waals surface area contributed by atoms with Crippen molar-refractivity contribution < 1.29 is 9.21 Å². The number of rotatable bonds is 4. The van der Waals surface area contributed by atoms with Crippen molar-refractivity contribution in [3.05, 3.63) is 24.2 Å². The van der Waals surface area contributed by atoms with Crippen LogP contribution in [0.3, 0.4) is 0 Å². The van der Waals surface area contributed by atoms with Gasteiger partial charge < -0.3 is 9.73 Å². The van der Waals surface area contributed by atoms with E-state index in [1.807, 2.05) is 11.8 Å². The van der Waals surface area contributed by atoms with Crippen LogP contribution in [0.4, 0.5) is 0 Å². The van der Waals surface area contributed by atoms with Gasteiger partial charge in [0.2, 0.25) is 0 Å². The van der Waals surface area contributed by atoms with Gasteiger partial charge in [-0.1, -0.05) is 12.8 Å². The summed E-state index contributed by atoms with van der Waals surface area (Å²) in [6.45, 7) is 0.744. The molecule has 1 aromatic heterocycles. The van der Waals surface area contributed by atoms with E-state index in [0.29, 0.717) is 5.76 Å². The summed E-state index contributed by atoms with van der Waals surface area (Å²) in [5, 5.41) is 2.97. The van der Waals surface area contributed by atoms with Gasteiger partial charge in [0.25, 0.3) is 5.91 Å². The highest BCUT2D eigenvalue weighted by atomic mass is 32.2. The number of furan rings is 1. The van der Waals surface area contributed by atoms with Crippen molar-refractivity contribution in [2.24, 2.45) is 0 Å². The van der Waals surface area contributed by atoms with Crippen molar-refractivity contribution in [3.8, 4) is 0 Å². The molecule has 1 aliphatic rings. The lowest BCUT2D eigenvalue weighted by Crippen LogP contribution is -2.38. The molecule has 1 aromatic rings. The van der Waals surface area contributed by atoms with Crippen LogP contribution in [0.25, 0.3) is 0 Å². The second-order valence-corrected chi connectivity index (χ2v) is 5.53. The average Bonchev–Trinajstić information content (AvgIpc) is 2.98. The zero-order chi connectivity index (χ0) is 11.4. The summed E-state index contributed by atoms with van der Waals surface area (Å²) < 4.78 is 5.31. The molecule has 0 bridgehead atoms. The maximum atomic E-state index is 11.7. The molecule has 1 saturated carbocycles. The Balaban J connectivity index is 1.89. The first-order valence-electron chi connectivity index (χ1n) is 5.63. The molecule has 2 rings (SSSR count). The first-order valence-corrected chi connectivity index (χ1v) is 6.85. The maximum Gasteiger partial charge on any atom is 0.287 e. The van der Waals surface area contributed by atoms with Gasteiger partial charge in [-0.25, -0.2) is 0 Å². The minimum absolute atomic E-state index is 0.106. The molecule has 0 saturated heterocycles. The van der Waals surface area contributed by atoms with E-state index in [2.05, 4.69) is 11.6 Å². The number of hydrogen-bond donors (Lipinski definition) is 1. The molecular formula is C12H17NO2S. The van der Waals surface area contributed by atoms with Crippen LogP contribution in [0.1, 0.15) is 36.2 Å². The van der Waals surface area contributed by atoms with Gasteiger partial charge in [0, 0.05) is 11.3 Å². The van der Waals surface area contributed by atoms with E-state index < -0.39 is 0 Å². The molecule has 1 N–H and O–H groups in total. The van der Waals surface area contributed by atoms with Crippen LogP contribution in [0, 0.1) is 0 Å². The van der Waals surface area contributed by atoms with Gasteiger partial charge in [-0.05, 0) is 31.2 Å². The number of carbonyl (C=O) groups excluding carboxylic acids is 1. The Hall–Kier alpha value is -0.900. The summed E-state index contributed by atoms with van der Waals surface area (Å²) in [5.74, 6) is 0.291. The molecule has 0 atom stereocenters. The average molecular weight is 239 g/mol. The second-order valence-electron chi connectivity index (χ2n) is 4.25. The number of carbonyl (C=O) groups is 1. The van der Waals surface area contributed by atoms with Crippen molar-refractivity contribution in [1.82, 2.24) is 5.32 Å². The predicted molar refractivity (Wildman–Crippen MR) is 65.8 cm³/mol. The van der Waals surface area contributed by atoms with Gasteiger partial charge in [0.15, 0.2) is 5.76 Å². The third-order valence-corrected chi connectivity index (χ3v) is 4.68. The predicted octanol–water partition coefficient (Wildman–Crippen LogP) is 2.69. The Labute approximate surface area is 100.0 Å². The first kappa shape index (κ1) is 11.6. The van der Waals surface area contributed by atoms with Crippen LogP contribution in [0.5, 0.6) is 0 Å². The summed E-state index contributed by atoms with van der Waals surface area (Å²) in [6.07, 6.45) is 8.60. The zero-order valence-electron chi connectivity index (χ0n) is 9.49. The lowest BCUT2D eigenvalue weighted by molar-refractivity contribution is 0.0922. The Morgan fingerprint density at radius 3 is 2.88 bits per heavy atom. The largest absolute Gasteiger partial charge is 0.459 e.